The Balaban J connectivity index is 1.66. The molecule has 0 aliphatic carbocycles. The molecule has 0 bridgehead atoms. The third-order valence-electron chi connectivity index (χ3n) is 5.98. The molecular formula is C27H25N3O3. The minimum Gasteiger partial charge on any atom is -0.504 e. The quantitative estimate of drug-likeness (QED) is 0.431. The molecule has 1 atom stereocenters. The minimum atomic E-state index is -0.373. The summed E-state index contributed by atoms with van der Waals surface area (Å²) in [6.45, 7) is 4.79. The summed E-state index contributed by atoms with van der Waals surface area (Å²) in [6, 6.07) is 23.0. The highest BCUT2D eigenvalue weighted by Gasteiger charge is 2.42. The van der Waals surface area contributed by atoms with Crippen molar-refractivity contribution in [3.63, 3.8) is 0 Å². The molecule has 6 heteroatoms. The van der Waals surface area contributed by atoms with Crippen molar-refractivity contribution in [3.05, 3.63) is 101 Å². The fourth-order valence-electron chi connectivity index (χ4n) is 4.39. The molecular weight excluding hydrogens is 414 g/mol. The van der Waals surface area contributed by atoms with Gasteiger partial charge in [-0.2, -0.15) is 5.10 Å². The van der Waals surface area contributed by atoms with Gasteiger partial charge in [-0.15, -0.1) is 0 Å². The normalized spacial score (nSPS) is 15.0. The maximum atomic E-state index is 13.5. The molecule has 1 aliphatic rings. The van der Waals surface area contributed by atoms with Gasteiger partial charge in [-0.25, -0.2) is 0 Å². The van der Waals surface area contributed by atoms with Crippen LogP contribution in [-0.2, 0) is 6.54 Å². The Labute approximate surface area is 192 Å². The largest absolute Gasteiger partial charge is 0.504 e. The van der Waals surface area contributed by atoms with Crippen molar-refractivity contribution in [3.8, 4) is 22.8 Å². The second kappa shape index (κ2) is 8.47. The van der Waals surface area contributed by atoms with E-state index in [1.165, 1.54) is 0 Å². The molecule has 0 fully saturated rings. The molecule has 1 amide bonds. The lowest BCUT2D eigenvalue weighted by molar-refractivity contribution is 0.0730. The average Bonchev–Trinajstić information content (AvgIpc) is 3.36. The molecule has 0 radical (unpaired) electrons. The number of H-pyrrole nitrogens is 1. The Morgan fingerprint density at radius 2 is 1.82 bits per heavy atom. The van der Waals surface area contributed by atoms with E-state index >= 15 is 0 Å². The maximum absolute atomic E-state index is 13.5. The third-order valence-corrected chi connectivity index (χ3v) is 5.98. The van der Waals surface area contributed by atoms with Gasteiger partial charge in [-0.3, -0.25) is 9.89 Å². The summed E-state index contributed by atoms with van der Waals surface area (Å²) in [4.78, 5) is 15.4. The first kappa shape index (κ1) is 20.8. The lowest BCUT2D eigenvalue weighted by Gasteiger charge is -2.27. The van der Waals surface area contributed by atoms with Crippen LogP contribution in [0, 0.1) is 6.92 Å². The second-order valence-corrected chi connectivity index (χ2v) is 8.21. The third kappa shape index (κ3) is 3.74. The van der Waals surface area contributed by atoms with Crippen LogP contribution in [0.3, 0.4) is 0 Å². The average molecular weight is 440 g/mol. The van der Waals surface area contributed by atoms with Crippen molar-refractivity contribution in [2.24, 2.45) is 0 Å². The molecule has 1 unspecified atom stereocenters. The first-order valence-corrected chi connectivity index (χ1v) is 11.0. The SMILES string of the molecule is CCOc1cc(C2c3c(-c4ccc(C)cc4)n[nH]c3C(=O)N2Cc2ccccc2)ccc1O. The van der Waals surface area contributed by atoms with Crippen molar-refractivity contribution in [2.45, 2.75) is 26.4 Å². The monoisotopic (exact) mass is 439 g/mol. The zero-order valence-electron chi connectivity index (χ0n) is 18.6. The number of hydrogen-bond acceptors (Lipinski definition) is 4. The van der Waals surface area contributed by atoms with Crippen LogP contribution in [0.4, 0.5) is 0 Å². The molecule has 6 nitrogen and oxygen atoms in total. The standard InChI is InChI=1S/C27H25N3O3/c1-3-33-22-15-20(13-14-21(22)31)26-23-24(19-11-9-17(2)10-12-19)28-29-25(23)27(32)30(26)16-18-7-5-4-6-8-18/h4-15,26,31H,3,16H2,1-2H3,(H,28,29). The summed E-state index contributed by atoms with van der Waals surface area (Å²) in [5.74, 6) is 0.373. The molecule has 0 saturated heterocycles. The summed E-state index contributed by atoms with van der Waals surface area (Å²) < 4.78 is 5.64. The number of phenolic OH excluding ortho intramolecular Hbond substituents is 1. The highest BCUT2D eigenvalue weighted by atomic mass is 16.5. The number of benzene rings is 3. The number of aromatic nitrogens is 2. The van der Waals surface area contributed by atoms with Gasteiger partial charge in [-0.05, 0) is 37.1 Å². The predicted octanol–water partition coefficient (Wildman–Crippen LogP) is 5.23. The van der Waals surface area contributed by atoms with Crippen molar-refractivity contribution in [2.75, 3.05) is 6.61 Å². The Bertz CT molecular complexity index is 1300. The number of aryl methyl sites for hydroxylation is 1. The van der Waals surface area contributed by atoms with Crippen molar-refractivity contribution in [1.82, 2.24) is 15.1 Å². The molecule has 5 rings (SSSR count). The van der Waals surface area contributed by atoms with Gasteiger partial charge >= 0.3 is 0 Å². The number of rotatable bonds is 6. The number of hydrogen-bond donors (Lipinski definition) is 2. The Morgan fingerprint density at radius 3 is 2.55 bits per heavy atom. The summed E-state index contributed by atoms with van der Waals surface area (Å²) in [6.07, 6.45) is 0. The van der Waals surface area contributed by atoms with E-state index < -0.39 is 0 Å². The van der Waals surface area contributed by atoms with Gasteiger partial charge in [0.25, 0.3) is 5.91 Å². The molecule has 166 valence electrons. The summed E-state index contributed by atoms with van der Waals surface area (Å²) in [7, 11) is 0. The first-order valence-electron chi connectivity index (χ1n) is 11.0. The topological polar surface area (TPSA) is 78.5 Å². The van der Waals surface area contributed by atoms with Crippen LogP contribution in [0.1, 0.15) is 45.7 Å². The summed E-state index contributed by atoms with van der Waals surface area (Å²) in [5, 5.41) is 17.8. The van der Waals surface area contributed by atoms with Gasteiger partial charge in [0.1, 0.15) is 5.69 Å². The lowest BCUT2D eigenvalue weighted by atomic mass is 9.95. The number of nitrogens with one attached hydrogen (secondary N) is 1. The summed E-state index contributed by atoms with van der Waals surface area (Å²) in [5.41, 5.74) is 6.09. The number of carbonyl (C=O) groups excluding carboxylic acids is 1. The van der Waals surface area contributed by atoms with E-state index in [0.717, 1.165) is 33.5 Å². The molecule has 3 aromatic carbocycles. The van der Waals surface area contributed by atoms with Crippen LogP contribution >= 0.6 is 0 Å². The zero-order chi connectivity index (χ0) is 22.9. The number of aromatic hydroxyl groups is 1. The number of nitrogens with zero attached hydrogens (tertiary/aromatic N) is 2. The second-order valence-electron chi connectivity index (χ2n) is 8.21. The van der Waals surface area contributed by atoms with E-state index in [0.29, 0.717) is 24.6 Å². The fourth-order valence-corrected chi connectivity index (χ4v) is 4.39. The van der Waals surface area contributed by atoms with Crippen LogP contribution in [0.5, 0.6) is 11.5 Å². The zero-order valence-corrected chi connectivity index (χ0v) is 18.6. The Morgan fingerprint density at radius 1 is 1.06 bits per heavy atom. The Hall–Kier alpha value is -4.06. The van der Waals surface area contributed by atoms with Gasteiger partial charge < -0.3 is 14.7 Å². The van der Waals surface area contributed by atoms with Gasteiger partial charge in [-0.1, -0.05) is 66.2 Å². The fraction of sp³-hybridized carbons (Fsp3) is 0.185. The number of carbonyl (C=O) groups is 1. The van der Waals surface area contributed by atoms with Crippen molar-refractivity contribution in [1.29, 1.82) is 0 Å². The number of phenols is 1. The summed E-state index contributed by atoms with van der Waals surface area (Å²) >= 11 is 0. The van der Waals surface area contributed by atoms with Crippen molar-refractivity contribution < 1.29 is 14.6 Å². The smallest absolute Gasteiger partial charge is 0.273 e. The van der Waals surface area contributed by atoms with E-state index in [-0.39, 0.29) is 17.7 Å². The maximum Gasteiger partial charge on any atom is 0.273 e. The van der Waals surface area contributed by atoms with Crippen molar-refractivity contribution >= 4 is 5.91 Å². The highest BCUT2D eigenvalue weighted by molar-refractivity contribution is 6.00. The van der Waals surface area contributed by atoms with Crippen LogP contribution in [-0.4, -0.2) is 32.7 Å². The molecule has 1 aromatic heterocycles. The van der Waals surface area contributed by atoms with E-state index in [1.54, 1.807) is 6.07 Å². The number of amides is 1. The minimum absolute atomic E-state index is 0.0747. The van der Waals surface area contributed by atoms with E-state index in [1.807, 2.05) is 85.5 Å². The highest BCUT2D eigenvalue weighted by Crippen LogP contribution is 2.45. The number of aromatic amines is 1. The molecule has 2 heterocycles. The van der Waals surface area contributed by atoms with Crippen LogP contribution in [0.15, 0.2) is 72.8 Å². The molecule has 1 aliphatic heterocycles. The molecule has 33 heavy (non-hydrogen) atoms. The van der Waals surface area contributed by atoms with Gasteiger partial charge in [0.05, 0.1) is 18.3 Å². The van der Waals surface area contributed by atoms with E-state index in [2.05, 4.69) is 10.2 Å². The first-order chi connectivity index (χ1) is 16.1. The predicted molar refractivity (Wildman–Crippen MR) is 126 cm³/mol. The van der Waals surface area contributed by atoms with Crippen LogP contribution < -0.4 is 4.74 Å². The van der Waals surface area contributed by atoms with Crippen LogP contribution in [0.25, 0.3) is 11.3 Å². The molecule has 0 saturated carbocycles. The lowest BCUT2D eigenvalue weighted by Crippen LogP contribution is -2.29. The van der Waals surface area contributed by atoms with E-state index in [9.17, 15) is 9.90 Å². The van der Waals surface area contributed by atoms with Gasteiger partial charge in [0, 0.05) is 17.7 Å². The molecule has 4 aromatic rings. The van der Waals surface area contributed by atoms with Gasteiger partial charge in [0.2, 0.25) is 0 Å². The van der Waals surface area contributed by atoms with Gasteiger partial charge in [0.15, 0.2) is 11.5 Å². The Kier molecular flexibility index (Phi) is 5.34. The molecule has 2 N–H and O–H groups in total. The van der Waals surface area contributed by atoms with Crippen LogP contribution in [0.2, 0.25) is 0 Å². The molecule has 0 spiro atoms. The van der Waals surface area contributed by atoms with E-state index in [4.69, 9.17) is 4.74 Å². The number of fused-ring (bicyclic) bond motifs is 1. The number of ether oxygens (including phenoxy) is 1.